The van der Waals surface area contributed by atoms with Crippen LogP contribution >= 0.6 is 0 Å². The Morgan fingerprint density at radius 1 is 0.609 bits per heavy atom. The molecule has 0 radical (unpaired) electrons. The second kappa shape index (κ2) is 10.2. The maximum Gasteiger partial charge on any atom is 0.142 e. The maximum absolute atomic E-state index is 6.79. The molecule has 1 unspecified atom stereocenters. The van der Waals surface area contributed by atoms with E-state index in [-0.39, 0.29) is 6.04 Å². The van der Waals surface area contributed by atoms with Crippen LogP contribution in [0.15, 0.2) is 135 Å². The Bertz CT molecular complexity index is 2600. The van der Waals surface area contributed by atoms with E-state index in [1.165, 1.54) is 0 Å². The molecule has 9 rings (SSSR count). The molecule has 6 bridgehead atoms. The lowest BCUT2D eigenvalue weighted by Gasteiger charge is -2.16. The van der Waals surface area contributed by atoms with E-state index in [1.54, 1.807) is 0 Å². The molecule has 5 aromatic carbocycles. The first-order chi connectivity index (χ1) is 22.6. The van der Waals surface area contributed by atoms with Gasteiger partial charge in [-0.25, -0.2) is 15.0 Å². The van der Waals surface area contributed by atoms with Crippen LogP contribution in [0.4, 0.5) is 11.6 Å². The molecule has 0 fully saturated rings. The van der Waals surface area contributed by atoms with Gasteiger partial charge in [0.1, 0.15) is 28.4 Å². The first-order valence-electron chi connectivity index (χ1n) is 15.5. The number of nitrogens with zero attached hydrogens (tertiary/aromatic N) is 4. The van der Waals surface area contributed by atoms with Crippen LogP contribution in [0.2, 0.25) is 0 Å². The molecule has 2 aliphatic rings. The molecule has 0 spiro atoms. The van der Waals surface area contributed by atoms with Crippen molar-refractivity contribution in [3.8, 4) is 0 Å². The van der Waals surface area contributed by atoms with E-state index in [2.05, 4.69) is 102 Å². The Morgan fingerprint density at radius 3 is 1.98 bits per heavy atom. The van der Waals surface area contributed by atoms with Crippen molar-refractivity contribution in [3.05, 3.63) is 148 Å². The molecule has 1 aliphatic heterocycles. The van der Waals surface area contributed by atoms with Gasteiger partial charge in [0.2, 0.25) is 0 Å². The number of amidine groups is 1. The molecule has 7 heteroatoms. The quantitative estimate of drug-likeness (QED) is 0.164. The monoisotopic (exact) mass is 595 g/mol. The summed E-state index contributed by atoms with van der Waals surface area (Å²) >= 11 is 0. The zero-order valence-corrected chi connectivity index (χ0v) is 25.1. The van der Waals surface area contributed by atoms with Gasteiger partial charge in [0.25, 0.3) is 0 Å². The van der Waals surface area contributed by atoms with Gasteiger partial charge in [0, 0.05) is 44.7 Å². The molecule has 7 nitrogen and oxygen atoms in total. The third-order valence-electron chi connectivity index (χ3n) is 9.03. The molecule has 7 aromatic rings. The maximum atomic E-state index is 6.79. The molecule has 3 heterocycles. The zero-order chi connectivity index (χ0) is 30.8. The van der Waals surface area contributed by atoms with Gasteiger partial charge in [-0.05, 0) is 35.4 Å². The van der Waals surface area contributed by atoms with E-state index in [4.69, 9.17) is 25.7 Å². The summed E-state index contributed by atoms with van der Waals surface area (Å²) < 4.78 is 0. The fourth-order valence-electron chi connectivity index (χ4n) is 6.77. The van der Waals surface area contributed by atoms with Crippen LogP contribution in [0.1, 0.15) is 41.6 Å². The first kappa shape index (κ1) is 26.3. The van der Waals surface area contributed by atoms with Crippen molar-refractivity contribution in [1.29, 1.82) is 0 Å². The third kappa shape index (κ3) is 4.20. The molecule has 220 valence electrons. The van der Waals surface area contributed by atoms with E-state index in [0.717, 1.165) is 82.8 Å². The third-order valence-corrected chi connectivity index (χ3v) is 9.03. The van der Waals surface area contributed by atoms with Gasteiger partial charge in [-0.15, -0.1) is 0 Å². The highest BCUT2D eigenvalue weighted by Crippen LogP contribution is 2.36. The SMILES string of the molecule is CC1N=c2[nH]c(c3cc4ccccc4cc23)=NC2=CCC(=Nc3[nH]c(c4ccccc34)N=C(N)c3ccccc31)c1ccccc12. The lowest BCUT2D eigenvalue weighted by molar-refractivity contribution is 0.778. The van der Waals surface area contributed by atoms with Crippen LogP contribution in [-0.2, 0) is 0 Å². The smallest absolute Gasteiger partial charge is 0.142 e. The van der Waals surface area contributed by atoms with Gasteiger partial charge in [-0.2, -0.15) is 0 Å². The Labute approximate surface area is 264 Å². The van der Waals surface area contributed by atoms with Crippen molar-refractivity contribution in [1.82, 2.24) is 9.97 Å². The summed E-state index contributed by atoms with van der Waals surface area (Å²) in [4.78, 5) is 27.8. The standard InChI is InChI=1S/C39H29N7/c1-22-25-12-4-7-15-28(25)35(40)44-37-30-17-9-8-16-29(30)36(45-37)42-33-18-19-34(27-14-6-5-13-26(27)33)43-39-32-21-24-11-3-2-10-23(24)20-31(32)38(41-22)46-39/h2-17,19-22,45H,18H2,1H3,(H2,40,44)(H,41,43,46). The number of aromatic amines is 2. The Hall–Kier alpha value is -6.08. The largest absolute Gasteiger partial charge is 0.383 e. The number of aliphatic imine (C=N–C) groups is 2. The Kier molecular flexibility index (Phi) is 5.86. The van der Waals surface area contributed by atoms with Crippen LogP contribution in [0, 0.1) is 0 Å². The zero-order valence-electron chi connectivity index (χ0n) is 25.1. The number of benzene rings is 5. The van der Waals surface area contributed by atoms with Gasteiger partial charge < -0.3 is 15.7 Å². The minimum absolute atomic E-state index is 0.220. The van der Waals surface area contributed by atoms with E-state index < -0.39 is 0 Å². The highest BCUT2D eigenvalue weighted by molar-refractivity contribution is 6.11. The predicted octanol–water partition coefficient (Wildman–Crippen LogP) is 7.72. The lowest BCUT2D eigenvalue weighted by atomic mass is 9.93. The number of nitrogens with two attached hydrogens (primary N) is 1. The summed E-state index contributed by atoms with van der Waals surface area (Å²) in [5.41, 5.74) is 14.1. The van der Waals surface area contributed by atoms with E-state index in [1.807, 2.05) is 30.3 Å². The normalized spacial score (nSPS) is 16.0. The number of rotatable bonds is 0. The van der Waals surface area contributed by atoms with E-state index >= 15 is 0 Å². The summed E-state index contributed by atoms with van der Waals surface area (Å²) in [7, 11) is 0. The predicted molar refractivity (Wildman–Crippen MR) is 187 cm³/mol. The van der Waals surface area contributed by atoms with Gasteiger partial charge in [0.15, 0.2) is 0 Å². The van der Waals surface area contributed by atoms with Crippen molar-refractivity contribution in [2.75, 3.05) is 0 Å². The molecule has 2 aromatic heterocycles. The van der Waals surface area contributed by atoms with E-state index in [9.17, 15) is 0 Å². The summed E-state index contributed by atoms with van der Waals surface area (Å²) in [5.74, 6) is 1.85. The molecule has 1 atom stereocenters. The number of hydrogen-bond acceptors (Lipinski definition) is 5. The van der Waals surface area contributed by atoms with Gasteiger partial charge >= 0.3 is 0 Å². The fourth-order valence-corrected chi connectivity index (χ4v) is 6.77. The molecule has 46 heavy (non-hydrogen) atoms. The summed E-state index contributed by atoms with van der Waals surface area (Å²) in [6.07, 6.45) is 2.79. The second-order valence-electron chi connectivity index (χ2n) is 11.8. The molecular weight excluding hydrogens is 566 g/mol. The van der Waals surface area contributed by atoms with E-state index in [0.29, 0.717) is 18.1 Å². The molecule has 0 saturated carbocycles. The van der Waals surface area contributed by atoms with Crippen LogP contribution in [-0.4, -0.2) is 21.5 Å². The van der Waals surface area contributed by atoms with Crippen molar-refractivity contribution in [2.45, 2.75) is 19.4 Å². The number of fused-ring (bicyclic) bond motifs is 17. The number of hydrogen-bond donors (Lipinski definition) is 3. The summed E-state index contributed by atoms with van der Waals surface area (Å²) in [5, 5.41) is 6.32. The van der Waals surface area contributed by atoms with Crippen LogP contribution in [0.5, 0.6) is 0 Å². The number of allylic oxidation sites excluding steroid dienone is 1. The molecule has 4 N–H and O–H groups in total. The average molecular weight is 596 g/mol. The molecule has 0 saturated heterocycles. The van der Waals surface area contributed by atoms with Gasteiger partial charge in [0.05, 0.1) is 17.5 Å². The van der Waals surface area contributed by atoms with Crippen molar-refractivity contribution >= 4 is 61.2 Å². The van der Waals surface area contributed by atoms with Crippen LogP contribution < -0.4 is 16.7 Å². The number of aromatic nitrogens is 2. The molecule has 1 aliphatic carbocycles. The van der Waals surface area contributed by atoms with Crippen LogP contribution in [0.3, 0.4) is 0 Å². The lowest BCUT2D eigenvalue weighted by Crippen LogP contribution is -2.17. The van der Waals surface area contributed by atoms with Gasteiger partial charge in [-0.3, -0.25) is 4.99 Å². The van der Waals surface area contributed by atoms with Gasteiger partial charge in [-0.1, -0.05) is 103 Å². The highest BCUT2D eigenvalue weighted by atomic mass is 15.0. The van der Waals surface area contributed by atoms with Crippen molar-refractivity contribution < 1.29 is 0 Å². The van der Waals surface area contributed by atoms with Crippen molar-refractivity contribution in [2.24, 2.45) is 25.7 Å². The second-order valence-corrected chi connectivity index (χ2v) is 11.8. The first-order valence-corrected chi connectivity index (χ1v) is 15.5. The average Bonchev–Trinajstić information content (AvgIpc) is 3.60. The highest BCUT2D eigenvalue weighted by Gasteiger charge is 2.20. The minimum atomic E-state index is -0.220. The summed E-state index contributed by atoms with van der Waals surface area (Å²) in [6, 6.07) is 37.2. The van der Waals surface area contributed by atoms with Crippen molar-refractivity contribution in [3.63, 3.8) is 0 Å². The van der Waals surface area contributed by atoms with Crippen LogP contribution in [0.25, 0.3) is 38.0 Å². The molecule has 0 amide bonds. The number of H-pyrrole nitrogens is 2. The fraction of sp³-hybridized carbons (Fsp3) is 0.0769. The molecular formula is C39H29N7. The summed E-state index contributed by atoms with van der Waals surface area (Å²) in [6.45, 7) is 2.09. The topological polar surface area (TPSA) is 107 Å². The number of nitrogens with one attached hydrogen (secondary N) is 2. The Balaban J connectivity index is 1.38. The minimum Gasteiger partial charge on any atom is -0.383 e. The Morgan fingerprint density at radius 2 is 1.22 bits per heavy atom.